The summed E-state index contributed by atoms with van der Waals surface area (Å²) in [7, 11) is -3.56. The highest BCUT2D eigenvalue weighted by molar-refractivity contribution is 7.90. The minimum absolute atomic E-state index is 0.0630. The van der Waals surface area contributed by atoms with Gasteiger partial charge in [-0.1, -0.05) is 0 Å². The number of hydrogen-bond donors (Lipinski definition) is 1. The zero-order valence-electron chi connectivity index (χ0n) is 9.54. The van der Waals surface area contributed by atoms with Crippen LogP contribution in [0, 0.1) is 11.3 Å². The fourth-order valence-electron chi connectivity index (χ4n) is 1.32. The van der Waals surface area contributed by atoms with Crippen molar-refractivity contribution in [3.63, 3.8) is 0 Å². The molecule has 1 amide bonds. The second-order valence-electron chi connectivity index (χ2n) is 4.14. The molecule has 0 bridgehead atoms. The molecule has 8 heteroatoms. The first-order valence-electron chi connectivity index (χ1n) is 5.13. The summed E-state index contributed by atoms with van der Waals surface area (Å²) in [5.41, 5.74) is -0.875. The molecule has 0 aliphatic heterocycles. The summed E-state index contributed by atoms with van der Waals surface area (Å²) in [6.45, 7) is 0. The van der Waals surface area contributed by atoms with Crippen molar-refractivity contribution in [1.29, 1.82) is 5.26 Å². The van der Waals surface area contributed by atoms with Gasteiger partial charge in [-0.25, -0.2) is 18.4 Å². The third kappa shape index (κ3) is 2.46. The number of nitriles is 1. The molecule has 18 heavy (non-hydrogen) atoms. The molecule has 0 atom stereocenters. The van der Waals surface area contributed by atoms with Crippen molar-refractivity contribution in [2.24, 2.45) is 0 Å². The van der Waals surface area contributed by atoms with Crippen molar-refractivity contribution in [2.75, 3.05) is 6.26 Å². The van der Waals surface area contributed by atoms with Gasteiger partial charge in [-0.05, 0) is 18.9 Å². The van der Waals surface area contributed by atoms with Gasteiger partial charge < -0.3 is 5.32 Å². The summed E-state index contributed by atoms with van der Waals surface area (Å²) in [6, 6.07) is 3.31. The van der Waals surface area contributed by atoms with Gasteiger partial charge in [0, 0.05) is 12.5 Å². The maximum Gasteiger partial charge on any atom is 0.271 e. The molecule has 1 heterocycles. The summed E-state index contributed by atoms with van der Waals surface area (Å²) < 4.78 is 22.5. The predicted octanol–water partition coefficient (Wildman–Crippen LogP) is -0.334. The largest absolute Gasteiger partial charge is 0.332 e. The van der Waals surface area contributed by atoms with Crippen molar-refractivity contribution < 1.29 is 13.2 Å². The maximum absolute atomic E-state index is 11.8. The number of carbonyl (C=O) groups excluding carboxylic acids is 1. The molecule has 0 unspecified atom stereocenters. The highest BCUT2D eigenvalue weighted by Gasteiger charge is 2.45. The lowest BCUT2D eigenvalue weighted by molar-refractivity contribution is 0.0935. The average molecular weight is 266 g/mol. The smallest absolute Gasteiger partial charge is 0.271 e. The molecule has 1 aromatic rings. The Morgan fingerprint density at radius 2 is 2.22 bits per heavy atom. The topological polar surface area (TPSA) is 113 Å². The van der Waals surface area contributed by atoms with Gasteiger partial charge in [-0.2, -0.15) is 5.26 Å². The lowest BCUT2D eigenvalue weighted by atomic mass is 10.3. The van der Waals surface area contributed by atoms with Crippen molar-refractivity contribution >= 4 is 15.7 Å². The van der Waals surface area contributed by atoms with Gasteiger partial charge in [0.2, 0.25) is 15.0 Å². The van der Waals surface area contributed by atoms with Crippen LogP contribution in [0.1, 0.15) is 23.3 Å². The quantitative estimate of drug-likeness (QED) is 0.749. The molecule has 0 saturated heterocycles. The Morgan fingerprint density at radius 1 is 1.56 bits per heavy atom. The van der Waals surface area contributed by atoms with Gasteiger partial charge in [-0.15, -0.1) is 0 Å². The Bertz CT molecular complexity index is 643. The van der Waals surface area contributed by atoms with Crippen LogP contribution in [0.4, 0.5) is 0 Å². The number of carbonyl (C=O) groups is 1. The molecule has 1 fully saturated rings. The molecule has 1 aromatic heterocycles. The van der Waals surface area contributed by atoms with E-state index in [4.69, 9.17) is 5.26 Å². The molecule has 1 aliphatic carbocycles. The van der Waals surface area contributed by atoms with E-state index in [2.05, 4.69) is 15.3 Å². The summed E-state index contributed by atoms with van der Waals surface area (Å²) in [6.07, 6.45) is 3.35. The Hall–Kier alpha value is -2.01. The van der Waals surface area contributed by atoms with Gasteiger partial charge in [0.15, 0.2) is 0 Å². The zero-order chi connectivity index (χ0) is 13.4. The van der Waals surface area contributed by atoms with E-state index in [0.717, 1.165) is 6.26 Å². The van der Waals surface area contributed by atoms with E-state index in [1.807, 2.05) is 6.07 Å². The Balaban J connectivity index is 2.24. The maximum atomic E-state index is 11.8. The molecule has 0 spiro atoms. The average Bonchev–Trinajstić information content (AvgIpc) is 3.08. The SMILES string of the molecule is CS(=O)(=O)c1nccc(C(=O)NC2(C#N)CC2)n1. The Morgan fingerprint density at radius 3 is 2.72 bits per heavy atom. The highest BCUT2D eigenvalue weighted by atomic mass is 32.2. The van der Waals surface area contributed by atoms with Gasteiger partial charge >= 0.3 is 0 Å². The van der Waals surface area contributed by atoms with Crippen LogP contribution in [0.5, 0.6) is 0 Å². The molecule has 1 N–H and O–H groups in total. The lowest BCUT2D eigenvalue weighted by Gasteiger charge is -2.08. The second kappa shape index (κ2) is 4.03. The Kier molecular flexibility index (Phi) is 2.78. The molecule has 2 rings (SSSR count). The van der Waals surface area contributed by atoms with E-state index in [0.29, 0.717) is 12.8 Å². The molecular weight excluding hydrogens is 256 g/mol. The normalized spacial score (nSPS) is 16.7. The standard InChI is InChI=1S/C10H10N4O3S/c1-18(16,17)9-12-5-2-7(13-9)8(15)14-10(6-11)3-4-10/h2,5H,3-4H2,1H3,(H,14,15). The summed E-state index contributed by atoms with van der Waals surface area (Å²) in [5.74, 6) is -0.568. The molecule has 1 aliphatic rings. The summed E-state index contributed by atoms with van der Waals surface area (Å²) in [5, 5.41) is 11.0. The number of sulfone groups is 1. The monoisotopic (exact) mass is 266 g/mol. The highest BCUT2D eigenvalue weighted by Crippen LogP contribution is 2.34. The number of nitrogens with zero attached hydrogens (tertiary/aromatic N) is 3. The number of aromatic nitrogens is 2. The molecule has 0 aromatic carbocycles. The first-order valence-corrected chi connectivity index (χ1v) is 7.02. The number of amides is 1. The van der Waals surface area contributed by atoms with Gasteiger partial charge in [0.25, 0.3) is 5.91 Å². The summed E-state index contributed by atoms with van der Waals surface area (Å²) in [4.78, 5) is 19.0. The minimum Gasteiger partial charge on any atom is -0.332 e. The van der Waals surface area contributed by atoms with Crippen LogP contribution in [0.15, 0.2) is 17.4 Å². The van der Waals surface area contributed by atoms with Crippen molar-refractivity contribution in [2.45, 2.75) is 23.5 Å². The second-order valence-corrected chi connectivity index (χ2v) is 6.05. The third-order valence-electron chi connectivity index (χ3n) is 2.51. The van der Waals surface area contributed by atoms with Crippen molar-refractivity contribution in [3.8, 4) is 6.07 Å². The van der Waals surface area contributed by atoms with Crippen molar-refractivity contribution in [3.05, 3.63) is 18.0 Å². The van der Waals surface area contributed by atoms with Crippen LogP contribution in [-0.2, 0) is 9.84 Å². The lowest BCUT2D eigenvalue weighted by Crippen LogP contribution is -2.36. The fraction of sp³-hybridized carbons (Fsp3) is 0.400. The van der Waals surface area contributed by atoms with Gasteiger partial charge in [-0.3, -0.25) is 4.79 Å². The molecule has 94 valence electrons. The van der Waals surface area contributed by atoms with Crippen LogP contribution < -0.4 is 5.32 Å². The Labute approximate surface area is 104 Å². The van der Waals surface area contributed by atoms with Gasteiger partial charge in [0.05, 0.1) is 6.07 Å². The van der Waals surface area contributed by atoms with E-state index >= 15 is 0 Å². The minimum atomic E-state index is -3.56. The summed E-state index contributed by atoms with van der Waals surface area (Å²) >= 11 is 0. The number of nitrogens with one attached hydrogen (secondary N) is 1. The van der Waals surface area contributed by atoms with Gasteiger partial charge in [0.1, 0.15) is 11.2 Å². The third-order valence-corrected chi connectivity index (χ3v) is 3.37. The fourth-order valence-corrected chi connectivity index (χ4v) is 1.83. The van der Waals surface area contributed by atoms with Crippen LogP contribution in [-0.4, -0.2) is 36.1 Å². The molecule has 7 nitrogen and oxygen atoms in total. The van der Waals surface area contributed by atoms with Crippen LogP contribution in [0.2, 0.25) is 0 Å². The van der Waals surface area contributed by atoms with Crippen molar-refractivity contribution in [1.82, 2.24) is 15.3 Å². The van der Waals surface area contributed by atoms with Crippen LogP contribution in [0.3, 0.4) is 0 Å². The predicted molar refractivity (Wildman–Crippen MR) is 60.2 cm³/mol. The van der Waals surface area contributed by atoms with E-state index < -0.39 is 26.4 Å². The van der Waals surface area contributed by atoms with E-state index in [1.165, 1.54) is 12.3 Å². The first-order chi connectivity index (χ1) is 8.36. The van der Waals surface area contributed by atoms with Crippen LogP contribution in [0.25, 0.3) is 0 Å². The number of hydrogen-bond acceptors (Lipinski definition) is 6. The van der Waals surface area contributed by atoms with E-state index in [1.54, 1.807) is 0 Å². The number of rotatable bonds is 3. The molecular formula is C10H10N4O3S. The van der Waals surface area contributed by atoms with Crippen LogP contribution >= 0.6 is 0 Å². The van der Waals surface area contributed by atoms with E-state index in [9.17, 15) is 13.2 Å². The van der Waals surface area contributed by atoms with E-state index in [-0.39, 0.29) is 5.69 Å². The first kappa shape index (κ1) is 12.4. The molecule has 0 radical (unpaired) electrons. The molecule has 1 saturated carbocycles. The zero-order valence-corrected chi connectivity index (χ0v) is 10.4.